The first kappa shape index (κ1) is 18.4. The van der Waals surface area contributed by atoms with Crippen LogP contribution in [0.1, 0.15) is 40.0 Å². The Labute approximate surface area is 134 Å². The van der Waals surface area contributed by atoms with Gasteiger partial charge in [-0.05, 0) is 51.6 Å². The molecule has 1 aromatic rings. The predicted octanol–water partition coefficient (Wildman–Crippen LogP) is 3.26. The Kier molecular flexibility index (Phi) is 6.80. The molecule has 0 aliphatic carbocycles. The van der Waals surface area contributed by atoms with Gasteiger partial charge >= 0.3 is 6.09 Å². The average Bonchev–Trinajstić information content (AvgIpc) is 2.43. The molecule has 1 aliphatic rings. The lowest BCUT2D eigenvalue weighted by atomic mass is 10.1. The van der Waals surface area contributed by atoms with E-state index in [0.29, 0.717) is 0 Å². The van der Waals surface area contributed by atoms with Gasteiger partial charge in [0.2, 0.25) is 5.28 Å². The molecule has 124 valence electrons. The van der Waals surface area contributed by atoms with Crippen LogP contribution in [0.25, 0.3) is 0 Å². The van der Waals surface area contributed by atoms with Gasteiger partial charge in [0.05, 0.1) is 6.20 Å². The summed E-state index contributed by atoms with van der Waals surface area (Å²) in [5.74, 6) is -0.880. The number of likely N-dealkylation sites (tertiary alicyclic amines) is 1. The summed E-state index contributed by atoms with van der Waals surface area (Å²) in [6.45, 7) is 7.41. The lowest BCUT2D eigenvalue weighted by Crippen LogP contribution is -2.39. The number of carbonyl (C=O) groups is 1. The monoisotopic (exact) mass is 332 g/mol. The molecule has 0 atom stereocenters. The summed E-state index contributed by atoms with van der Waals surface area (Å²) in [6, 6.07) is 0. The SMILES string of the molecule is CC(C)(C)OC(=O)N1CCCCC1.Nc1nc(Cl)ncc1F. The van der Waals surface area contributed by atoms with E-state index in [1.807, 2.05) is 20.8 Å². The van der Waals surface area contributed by atoms with Crippen molar-refractivity contribution in [3.63, 3.8) is 0 Å². The Bertz CT molecular complexity index is 502. The van der Waals surface area contributed by atoms with Gasteiger partial charge in [0.1, 0.15) is 5.60 Å². The Morgan fingerprint density at radius 3 is 2.41 bits per heavy atom. The van der Waals surface area contributed by atoms with Crippen LogP contribution in [-0.2, 0) is 4.74 Å². The van der Waals surface area contributed by atoms with Crippen molar-refractivity contribution in [2.45, 2.75) is 45.6 Å². The molecule has 0 unspecified atom stereocenters. The van der Waals surface area contributed by atoms with Crippen LogP contribution in [0, 0.1) is 5.82 Å². The molecular weight excluding hydrogens is 311 g/mol. The molecule has 1 aliphatic heterocycles. The lowest BCUT2D eigenvalue weighted by Gasteiger charge is -2.29. The highest BCUT2D eigenvalue weighted by Gasteiger charge is 2.22. The van der Waals surface area contributed by atoms with Crippen molar-refractivity contribution in [2.24, 2.45) is 0 Å². The Morgan fingerprint density at radius 1 is 1.36 bits per heavy atom. The molecule has 2 rings (SSSR count). The van der Waals surface area contributed by atoms with Crippen molar-refractivity contribution in [2.75, 3.05) is 18.8 Å². The van der Waals surface area contributed by atoms with Gasteiger partial charge in [-0.2, -0.15) is 4.98 Å². The maximum atomic E-state index is 12.2. The van der Waals surface area contributed by atoms with Gasteiger partial charge < -0.3 is 15.4 Å². The summed E-state index contributed by atoms with van der Waals surface area (Å²) >= 11 is 5.25. The molecule has 0 saturated carbocycles. The van der Waals surface area contributed by atoms with Gasteiger partial charge in [-0.3, -0.25) is 0 Å². The molecule has 2 heterocycles. The van der Waals surface area contributed by atoms with Crippen molar-refractivity contribution in [1.29, 1.82) is 0 Å². The molecule has 1 amide bonds. The van der Waals surface area contributed by atoms with E-state index < -0.39 is 5.82 Å². The number of aromatic nitrogens is 2. The summed E-state index contributed by atoms with van der Waals surface area (Å²) < 4.78 is 17.5. The molecule has 2 N–H and O–H groups in total. The molecule has 1 aromatic heterocycles. The van der Waals surface area contributed by atoms with E-state index >= 15 is 0 Å². The van der Waals surface area contributed by atoms with E-state index in [2.05, 4.69) is 9.97 Å². The minimum atomic E-state index is -0.653. The van der Waals surface area contributed by atoms with Crippen LogP contribution >= 0.6 is 11.6 Å². The van der Waals surface area contributed by atoms with Crippen LogP contribution in [0.3, 0.4) is 0 Å². The van der Waals surface area contributed by atoms with Crippen molar-refractivity contribution in [1.82, 2.24) is 14.9 Å². The summed E-state index contributed by atoms with van der Waals surface area (Å²) in [4.78, 5) is 20.0. The second-order valence-corrected chi connectivity index (χ2v) is 6.24. The summed E-state index contributed by atoms with van der Waals surface area (Å²) in [6.07, 6.45) is 4.22. The quantitative estimate of drug-likeness (QED) is 0.737. The molecule has 1 fully saturated rings. The van der Waals surface area contributed by atoms with Crippen LogP contribution in [-0.4, -0.2) is 39.7 Å². The molecular formula is C14H22ClFN4O2. The maximum Gasteiger partial charge on any atom is 0.410 e. The normalized spacial score (nSPS) is 14.9. The first-order valence-electron chi connectivity index (χ1n) is 7.10. The highest BCUT2D eigenvalue weighted by atomic mass is 35.5. The highest BCUT2D eigenvalue weighted by Crippen LogP contribution is 2.14. The van der Waals surface area contributed by atoms with Gasteiger partial charge in [-0.15, -0.1) is 0 Å². The van der Waals surface area contributed by atoms with E-state index in [1.54, 1.807) is 4.90 Å². The van der Waals surface area contributed by atoms with Crippen LogP contribution in [0.15, 0.2) is 6.20 Å². The number of amides is 1. The molecule has 0 aromatic carbocycles. The van der Waals surface area contributed by atoms with Crippen molar-refractivity contribution in [3.05, 3.63) is 17.3 Å². The number of hydrogen-bond donors (Lipinski definition) is 1. The number of carbonyl (C=O) groups excluding carboxylic acids is 1. The molecule has 1 saturated heterocycles. The van der Waals surface area contributed by atoms with Crippen LogP contribution in [0.4, 0.5) is 15.0 Å². The molecule has 6 nitrogen and oxygen atoms in total. The van der Waals surface area contributed by atoms with E-state index in [4.69, 9.17) is 22.1 Å². The number of piperidine rings is 1. The highest BCUT2D eigenvalue weighted by molar-refractivity contribution is 6.28. The first-order chi connectivity index (χ1) is 10.2. The van der Waals surface area contributed by atoms with Gasteiger partial charge in [-0.1, -0.05) is 0 Å². The van der Waals surface area contributed by atoms with Gasteiger partial charge in [0.15, 0.2) is 11.6 Å². The minimum Gasteiger partial charge on any atom is -0.444 e. The van der Waals surface area contributed by atoms with E-state index in [9.17, 15) is 9.18 Å². The summed E-state index contributed by atoms with van der Waals surface area (Å²) in [5.41, 5.74) is 4.64. The number of nitrogens with two attached hydrogens (primary N) is 1. The number of ether oxygens (including phenoxy) is 1. The van der Waals surface area contributed by atoms with Crippen molar-refractivity contribution >= 4 is 23.5 Å². The molecule has 0 spiro atoms. The minimum absolute atomic E-state index is 0.0473. The van der Waals surface area contributed by atoms with E-state index in [1.165, 1.54) is 6.42 Å². The number of nitrogens with zero attached hydrogens (tertiary/aromatic N) is 3. The Morgan fingerprint density at radius 2 is 1.95 bits per heavy atom. The number of halogens is 2. The number of anilines is 1. The first-order valence-corrected chi connectivity index (χ1v) is 7.48. The summed E-state index contributed by atoms with van der Waals surface area (Å²) in [5, 5.41) is -0.0473. The fourth-order valence-corrected chi connectivity index (χ4v) is 1.90. The van der Waals surface area contributed by atoms with Crippen LogP contribution in [0.5, 0.6) is 0 Å². The van der Waals surface area contributed by atoms with Gasteiger partial charge in [0, 0.05) is 13.1 Å². The largest absolute Gasteiger partial charge is 0.444 e. The fourth-order valence-electron chi connectivity index (χ4n) is 1.76. The zero-order valence-electron chi connectivity index (χ0n) is 13.1. The van der Waals surface area contributed by atoms with Gasteiger partial charge in [0.25, 0.3) is 0 Å². The third kappa shape index (κ3) is 6.89. The lowest BCUT2D eigenvalue weighted by molar-refractivity contribution is 0.0216. The van der Waals surface area contributed by atoms with Crippen LogP contribution < -0.4 is 5.73 Å². The third-order valence-electron chi connectivity index (χ3n) is 2.75. The van der Waals surface area contributed by atoms with Crippen LogP contribution in [0.2, 0.25) is 5.28 Å². The molecule has 8 heteroatoms. The topological polar surface area (TPSA) is 81.3 Å². The predicted molar refractivity (Wildman–Crippen MR) is 83.1 cm³/mol. The second-order valence-electron chi connectivity index (χ2n) is 5.90. The number of nitrogen functional groups attached to an aromatic ring is 1. The number of hydrogen-bond acceptors (Lipinski definition) is 5. The summed E-state index contributed by atoms with van der Waals surface area (Å²) in [7, 11) is 0. The van der Waals surface area contributed by atoms with Crippen molar-refractivity contribution < 1.29 is 13.9 Å². The standard InChI is InChI=1S/C10H19NO2.C4H3ClFN3/c1-10(2,3)13-9(12)11-7-5-4-6-8-11;5-4-8-1-2(6)3(7)9-4/h4-8H2,1-3H3;1H,(H2,7,8,9). The van der Waals surface area contributed by atoms with E-state index in [-0.39, 0.29) is 22.8 Å². The second kappa shape index (κ2) is 8.12. The fraction of sp³-hybridized carbons (Fsp3) is 0.643. The Hall–Kier alpha value is -1.63. The third-order valence-corrected chi connectivity index (χ3v) is 2.93. The molecule has 0 bridgehead atoms. The zero-order chi connectivity index (χ0) is 16.8. The molecule has 0 radical (unpaired) electrons. The zero-order valence-corrected chi connectivity index (χ0v) is 13.9. The maximum absolute atomic E-state index is 12.2. The average molecular weight is 333 g/mol. The Balaban J connectivity index is 0.000000235. The number of rotatable bonds is 0. The van der Waals surface area contributed by atoms with Gasteiger partial charge in [-0.25, -0.2) is 14.2 Å². The molecule has 22 heavy (non-hydrogen) atoms. The smallest absolute Gasteiger partial charge is 0.410 e. The van der Waals surface area contributed by atoms with E-state index in [0.717, 1.165) is 32.1 Å². The van der Waals surface area contributed by atoms with Crippen molar-refractivity contribution in [3.8, 4) is 0 Å².